The number of hydrogen-bond donors (Lipinski definition) is 1. The van der Waals surface area contributed by atoms with Gasteiger partial charge in [0, 0.05) is 4.47 Å². The summed E-state index contributed by atoms with van der Waals surface area (Å²) in [5.74, 6) is -2.29. The monoisotopic (exact) mass is 510 g/mol. The van der Waals surface area contributed by atoms with E-state index in [1.54, 1.807) is 32.0 Å². The third-order valence-corrected chi connectivity index (χ3v) is 7.47. The Balaban J connectivity index is 1.42. The van der Waals surface area contributed by atoms with Crippen molar-refractivity contribution in [2.45, 2.75) is 39.2 Å². The van der Waals surface area contributed by atoms with Crippen LogP contribution < -0.4 is 5.32 Å². The van der Waals surface area contributed by atoms with Gasteiger partial charge in [-0.2, -0.15) is 0 Å². The predicted molar refractivity (Wildman–Crippen MR) is 117 cm³/mol. The van der Waals surface area contributed by atoms with Crippen molar-refractivity contribution < 1.29 is 23.9 Å². The Morgan fingerprint density at radius 2 is 1.81 bits per heavy atom. The quantitative estimate of drug-likeness (QED) is 0.465. The summed E-state index contributed by atoms with van der Waals surface area (Å²) in [6.07, 6.45) is 2.86. The topological polar surface area (TPSA) is 92.8 Å². The van der Waals surface area contributed by atoms with E-state index in [0.29, 0.717) is 10.7 Å². The van der Waals surface area contributed by atoms with Gasteiger partial charge in [0.2, 0.25) is 11.8 Å². The Morgan fingerprint density at radius 3 is 2.35 bits per heavy atom. The summed E-state index contributed by atoms with van der Waals surface area (Å²) in [5, 5.41) is 2.92. The van der Waals surface area contributed by atoms with Gasteiger partial charge in [-0.3, -0.25) is 19.3 Å². The molecule has 1 aromatic carbocycles. The standard InChI is InChI=1S/C22H24BrClN2O5/c1-10(2)19(26-20(28)17-11-3-4-12(7-11)18(17)21(26)29)22(30)31-9-16(27)25-15-6-5-13(23)8-14(15)24/h5-6,8,10-12,17-19H,3-4,7,9H2,1-2H3,(H,25,27)/t11-,12-,17+,18+,19+/m0/s1. The van der Waals surface area contributed by atoms with E-state index < -0.39 is 24.5 Å². The number of nitrogens with zero attached hydrogens (tertiary/aromatic N) is 1. The molecule has 1 saturated heterocycles. The van der Waals surface area contributed by atoms with E-state index in [0.717, 1.165) is 28.6 Å². The van der Waals surface area contributed by atoms with Gasteiger partial charge in [-0.15, -0.1) is 0 Å². The zero-order chi connectivity index (χ0) is 22.4. The van der Waals surface area contributed by atoms with Crippen LogP contribution in [0.3, 0.4) is 0 Å². The highest BCUT2D eigenvalue weighted by Gasteiger charge is 2.62. The van der Waals surface area contributed by atoms with Crippen molar-refractivity contribution in [3.63, 3.8) is 0 Å². The molecule has 9 heteroatoms. The van der Waals surface area contributed by atoms with Crippen LogP contribution in [-0.2, 0) is 23.9 Å². The van der Waals surface area contributed by atoms with Crippen LogP contribution in [0.4, 0.5) is 5.69 Å². The van der Waals surface area contributed by atoms with E-state index in [9.17, 15) is 19.2 Å². The molecule has 1 N–H and O–H groups in total. The van der Waals surface area contributed by atoms with Crippen molar-refractivity contribution >= 4 is 56.9 Å². The molecule has 31 heavy (non-hydrogen) atoms. The number of carbonyl (C=O) groups is 4. The lowest BCUT2D eigenvalue weighted by atomic mass is 9.81. The molecule has 0 spiro atoms. The van der Waals surface area contributed by atoms with E-state index in [4.69, 9.17) is 16.3 Å². The lowest BCUT2D eigenvalue weighted by Crippen LogP contribution is -2.50. The van der Waals surface area contributed by atoms with Gasteiger partial charge in [0.25, 0.3) is 5.91 Å². The molecule has 1 aromatic rings. The average molecular weight is 512 g/mol. The molecule has 2 bridgehead atoms. The lowest BCUT2D eigenvalue weighted by molar-refractivity contribution is -0.162. The Morgan fingerprint density at radius 1 is 1.19 bits per heavy atom. The SMILES string of the molecule is CC(C)[C@H](C(=O)OCC(=O)Nc1ccc(Br)cc1Cl)N1C(=O)[C@@H]2[C@H]3CC[C@@H](C3)[C@H]2C1=O. The summed E-state index contributed by atoms with van der Waals surface area (Å²) < 4.78 is 5.98. The Labute approximate surface area is 193 Å². The van der Waals surface area contributed by atoms with Gasteiger partial charge in [0.15, 0.2) is 6.61 Å². The summed E-state index contributed by atoms with van der Waals surface area (Å²) >= 11 is 9.37. The summed E-state index contributed by atoms with van der Waals surface area (Å²) in [7, 11) is 0. The average Bonchev–Trinajstić information content (AvgIpc) is 3.38. The van der Waals surface area contributed by atoms with Gasteiger partial charge in [-0.1, -0.05) is 41.4 Å². The first-order valence-corrected chi connectivity index (χ1v) is 11.6. The van der Waals surface area contributed by atoms with Crippen LogP contribution in [0.1, 0.15) is 33.1 Å². The second-order valence-corrected chi connectivity index (χ2v) is 10.2. The number of halogens is 2. The van der Waals surface area contributed by atoms with Gasteiger partial charge < -0.3 is 10.1 Å². The zero-order valence-electron chi connectivity index (χ0n) is 17.3. The number of likely N-dealkylation sites (tertiary alicyclic amines) is 1. The number of imide groups is 1. The van der Waals surface area contributed by atoms with Gasteiger partial charge in [0.1, 0.15) is 6.04 Å². The van der Waals surface area contributed by atoms with Crippen LogP contribution >= 0.6 is 27.5 Å². The Kier molecular flexibility index (Phi) is 6.14. The molecular formula is C22H24BrClN2O5. The van der Waals surface area contributed by atoms with E-state index >= 15 is 0 Å². The van der Waals surface area contributed by atoms with E-state index in [-0.39, 0.29) is 41.4 Å². The Bertz CT molecular complexity index is 924. The van der Waals surface area contributed by atoms with Crippen molar-refractivity contribution in [2.75, 3.05) is 11.9 Å². The molecule has 2 saturated carbocycles. The lowest BCUT2D eigenvalue weighted by Gasteiger charge is -2.28. The molecule has 3 fully saturated rings. The highest BCUT2D eigenvalue weighted by atomic mass is 79.9. The summed E-state index contributed by atoms with van der Waals surface area (Å²) in [4.78, 5) is 52.4. The van der Waals surface area contributed by atoms with Gasteiger partial charge in [0.05, 0.1) is 22.5 Å². The number of hydrogen-bond acceptors (Lipinski definition) is 5. The molecular weight excluding hydrogens is 488 g/mol. The Hall–Kier alpha value is -1.93. The maximum Gasteiger partial charge on any atom is 0.330 e. The van der Waals surface area contributed by atoms with Crippen LogP contribution in [0.15, 0.2) is 22.7 Å². The molecule has 2 aliphatic carbocycles. The maximum atomic E-state index is 13.1. The summed E-state index contributed by atoms with van der Waals surface area (Å²) in [6, 6.07) is 3.94. The van der Waals surface area contributed by atoms with Crippen molar-refractivity contribution in [1.29, 1.82) is 0 Å². The number of ether oxygens (including phenoxy) is 1. The van der Waals surface area contributed by atoms with Crippen molar-refractivity contribution in [1.82, 2.24) is 4.90 Å². The molecule has 1 aliphatic heterocycles. The molecule has 3 amide bonds. The zero-order valence-corrected chi connectivity index (χ0v) is 19.6. The predicted octanol–water partition coefficient (Wildman–Crippen LogP) is 3.64. The van der Waals surface area contributed by atoms with Crippen LogP contribution in [-0.4, -0.2) is 41.2 Å². The van der Waals surface area contributed by atoms with Gasteiger partial charge in [-0.25, -0.2) is 4.79 Å². The minimum atomic E-state index is -1.03. The minimum Gasteiger partial charge on any atom is -0.454 e. The molecule has 5 atom stereocenters. The molecule has 3 aliphatic rings. The van der Waals surface area contributed by atoms with Crippen LogP contribution in [0, 0.1) is 29.6 Å². The fourth-order valence-electron chi connectivity index (χ4n) is 5.38. The molecule has 1 heterocycles. The third-order valence-electron chi connectivity index (χ3n) is 6.66. The first-order chi connectivity index (χ1) is 14.7. The number of amides is 3. The highest BCUT2D eigenvalue weighted by Crippen LogP contribution is 2.56. The molecule has 7 nitrogen and oxygen atoms in total. The number of rotatable bonds is 6. The summed E-state index contributed by atoms with van der Waals surface area (Å²) in [5.41, 5.74) is 0.388. The number of fused-ring (bicyclic) bond motifs is 5. The first-order valence-electron chi connectivity index (χ1n) is 10.5. The number of nitrogens with one attached hydrogen (secondary N) is 1. The fraction of sp³-hybridized carbons (Fsp3) is 0.545. The van der Waals surface area contributed by atoms with Crippen LogP contribution in [0.2, 0.25) is 5.02 Å². The summed E-state index contributed by atoms with van der Waals surface area (Å²) in [6.45, 7) is 2.98. The van der Waals surface area contributed by atoms with E-state index in [2.05, 4.69) is 21.2 Å². The molecule has 0 radical (unpaired) electrons. The number of esters is 1. The third kappa shape index (κ3) is 4.00. The largest absolute Gasteiger partial charge is 0.454 e. The molecule has 0 unspecified atom stereocenters. The maximum absolute atomic E-state index is 13.1. The second kappa shape index (κ2) is 8.54. The van der Waals surface area contributed by atoms with Crippen LogP contribution in [0.25, 0.3) is 0 Å². The fourth-order valence-corrected chi connectivity index (χ4v) is 6.10. The molecule has 4 rings (SSSR count). The van der Waals surface area contributed by atoms with Crippen molar-refractivity contribution in [3.8, 4) is 0 Å². The number of anilines is 1. The smallest absolute Gasteiger partial charge is 0.330 e. The highest BCUT2D eigenvalue weighted by molar-refractivity contribution is 9.10. The van der Waals surface area contributed by atoms with Gasteiger partial charge in [-0.05, 0) is 55.2 Å². The van der Waals surface area contributed by atoms with Crippen molar-refractivity contribution in [2.24, 2.45) is 29.6 Å². The second-order valence-electron chi connectivity index (χ2n) is 8.90. The van der Waals surface area contributed by atoms with E-state index in [1.165, 1.54) is 0 Å². The molecule has 166 valence electrons. The van der Waals surface area contributed by atoms with Gasteiger partial charge >= 0.3 is 5.97 Å². The minimum absolute atomic E-state index is 0.238. The normalized spacial score (nSPS) is 27.6. The van der Waals surface area contributed by atoms with Crippen LogP contribution in [0.5, 0.6) is 0 Å². The number of benzene rings is 1. The first kappa shape index (κ1) is 22.3. The van der Waals surface area contributed by atoms with Crippen molar-refractivity contribution in [3.05, 3.63) is 27.7 Å². The molecule has 0 aromatic heterocycles. The number of carbonyl (C=O) groups excluding carboxylic acids is 4. The van der Waals surface area contributed by atoms with E-state index in [1.807, 2.05) is 0 Å².